The zero-order valence-corrected chi connectivity index (χ0v) is 9.04. The fourth-order valence-electron chi connectivity index (χ4n) is 1.34. The third-order valence-corrected chi connectivity index (χ3v) is 2.04. The molecular formula is C11H18N2O. The Morgan fingerprint density at radius 3 is 2.71 bits per heavy atom. The molecule has 0 fully saturated rings. The van der Waals surface area contributed by atoms with Crippen molar-refractivity contribution in [3.63, 3.8) is 0 Å². The SMILES string of the molecule is Cc1cc(NC(C)C)ncc1CCO. The van der Waals surface area contributed by atoms with Crippen molar-refractivity contribution in [2.24, 2.45) is 0 Å². The summed E-state index contributed by atoms with van der Waals surface area (Å²) in [6.07, 6.45) is 2.51. The minimum absolute atomic E-state index is 0.180. The van der Waals surface area contributed by atoms with E-state index >= 15 is 0 Å². The lowest BCUT2D eigenvalue weighted by Gasteiger charge is -2.11. The average molecular weight is 194 g/mol. The van der Waals surface area contributed by atoms with Crippen LogP contribution < -0.4 is 5.32 Å². The molecule has 0 saturated heterocycles. The smallest absolute Gasteiger partial charge is 0.126 e. The molecule has 2 N–H and O–H groups in total. The molecule has 78 valence electrons. The van der Waals surface area contributed by atoms with Gasteiger partial charge < -0.3 is 10.4 Å². The minimum Gasteiger partial charge on any atom is -0.396 e. The number of anilines is 1. The largest absolute Gasteiger partial charge is 0.396 e. The van der Waals surface area contributed by atoms with Crippen LogP contribution in [-0.4, -0.2) is 22.7 Å². The lowest BCUT2D eigenvalue weighted by atomic mass is 10.1. The first kappa shape index (κ1) is 11.0. The van der Waals surface area contributed by atoms with Crippen LogP contribution in [0.25, 0.3) is 0 Å². The lowest BCUT2D eigenvalue weighted by Crippen LogP contribution is -2.11. The summed E-state index contributed by atoms with van der Waals surface area (Å²) in [5, 5.41) is 12.1. The van der Waals surface area contributed by atoms with Gasteiger partial charge in [0.05, 0.1) is 0 Å². The summed E-state index contributed by atoms with van der Waals surface area (Å²) in [7, 11) is 0. The Kier molecular flexibility index (Phi) is 3.89. The first-order chi connectivity index (χ1) is 6.63. The van der Waals surface area contributed by atoms with Gasteiger partial charge in [-0.25, -0.2) is 4.98 Å². The van der Waals surface area contributed by atoms with Gasteiger partial charge in [-0.15, -0.1) is 0 Å². The number of nitrogens with one attached hydrogen (secondary N) is 1. The average Bonchev–Trinajstić information content (AvgIpc) is 2.09. The molecule has 1 heterocycles. The molecule has 0 amide bonds. The van der Waals surface area contributed by atoms with Crippen molar-refractivity contribution in [1.82, 2.24) is 4.98 Å². The van der Waals surface area contributed by atoms with Gasteiger partial charge in [0.25, 0.3) is 0 Å². The van der Waals surface area contributed by atoms with Gasteiger partial charge in [0, 0.05) is 18.8 Å². The van der Waals surface area contributed by atoms with Gasteiger partial charge in [-0.1, -0.05) is 0 Å². The number of rotatable bonds is 4. The molecule has 0 spiro atoms. The molecule has 1 rings (SSSR count). The second-order valence-electron chi connectivity index (χ2n) is 3.77. The van der Waals surface area contributed by atoms with Gasteiger partial charge in [-0.2, -0.15) is 0 Å². The molecule has 0 saturated carbocycles. The number of hydrogen-bond donors (Lipinski definition) is 2. The van der Waals surface area contributed by atoms with Gasteiger partial charge in [0.2, 0.25) is 0 Å². The topological polar surface area (TPSA) is 45.2 Å². The molecule has 0 atom stereocenters. The Morgan fingerprint density at radius 1 is 1.50 bits per heavy atom. The van der Waals surface area contributed by atoms with Crippen molar-refractivity contribution in [3.8, 4) is 0 Å². The number of aryl methyl sites for hydroxylation is 1. The summed E-state index contributed by atoms with van der Waals surface area (Å²) in [4.78, 5) is 4.28. The Labute approximate surface area is 85.2 Å². The number of pyridine rings is 1. The van der Waals surface area contributed by atoms with Crippen LogP contribution in [0.2, 0.25) is 0 Å². The highest BCUT2D eigenvalue weighted by Gasteiger charge is 2.01. The normalized spacial score (nSPS) is 10.6. The van der Waals surface area contributed by atoms with E-state index in [1.807, 2.05) is 19.2 Å². The fourth-order valence-corrected chi connectivity index (χ4v) is 1.34. The molecule has 3 heteroatoms. The summed E-state index contributed by atoms with van der Waals surface area (Å²) in [5.74, 6) is 0.902. The van der Waals surface area contributed by atoms with Crippen LogP contribution in [0.4, 0.5) is 5.82 Å². The van der Waals surface area contributed by atoms with Crippen LogP contribution in [0.1, 0.15) is 25.0 Å². The van der Waals surface area contributed by atoms with Crippen LogP contribution in [0.5, 0.6) is 0 Å². The molecule has 0 bridgehead atoms. The van der Waals surface area contributed by atoms with E-state index in [-0.39, 0.29) is 6.61 Å². The Balaban J connectivity index is 2.78. The molecule has 14 heavy (non-hydrogen) atoms. The van der Waals surface area contributed by atoms with E-state index < -0.39 is 0 Å². The molecule has 0 aliphatic rings. The first-order valence-corrected chi connectivity index (χ1v) is 4.96. The molecule has 0 aromatic carbocycles. The van der Waals surface area contributed by atoms with Crippen molar-refractivity contribution >= 4 is 5.82 Å². The Bertz CT molecular complexity index is 297. The third-order valence-electron chi connectivity index (χ3n) is 2.04. The highest BCUT2D eigenvalue weighted by Crippen LogP contribution is 2.12. The summed E-state index contributed by atoms with van der Waals surface area (Å²) in [6.45, 7) is 6.38. The van der Waals surface area contributed by atoms with Crippen LogP contribution in [-0.2, 0) is 6.42 Å². The van der Waals surface area contributed by atoms with Gasteiger partial charge in [0.15, 0.2) is 0 Å². The van der Waals surface area contributed by atoms with Crippen LogP contribution in [0.15, 0.2) is 12.3 Å². The number of aliphatic hydroxyl groups excluding tert-OH is 1. The van der Waals surface area contributed by atoms with E-state index in [2.05, 4.69) is 24.1 Å². The molecule has 1 aromatic heterocycles. The second-order valence-corrected chi connectivity index (χ2v) is 3.77. The van der Waals surface area contributed by atoms with Crippen molar-refractivity contribution in [2.45, 2.75) is 33.2 Å². The van der Waals surface area contributed by atoms with E-state index in [1.54, 1.807) is 0 Å². The minimum atomic E-state index is 0.180. The summed E-state index contributed by atoms with van der Waals surface area (Å²) in [6, 6.07) is 2.41. The summed E-state index contributed by atoms with van der Waals surface area (Å²) in [5.41, 5.74) is 2.29. The maximum absolute atomic E-state index is 8.82. The lowest BCUT2D eigenvalue weighted by molar-refractivity contribution is 0.299. The standard InChI is InChI=1S/C11H18N2O/c1-8(2)13-11-6-9(3)10(4-5-14)7-12-11/h6-8,14H,4-5H2,1-3H3,(H,12,13). The van der Waals surface area contributed by atoms with E-state index in [0.717, 1.165) is 11.4 Å². The summed E-state index contributed by atoms with van der Waals surface area (Å²) >= 11 is 0. The number of aliphatic hydroxyl groups is 1. The maximum atomic E-state index is 8.82. The number of aromatic nitrogens is 1. The molecular weight excluding hydrogens is 176 g/mol. The van der Waals surface area contributed by atoms with E-state index in [1.165, 1.54) is 5.56 Å². The highest BCUT2D eigenvalue weighted by molar-refractivity contribution is 5.41. The molecule has 0 aliphatic heterocycles. The number of hydrogen-bond acceptors (Lipinski definition) is 3. The molecule has 3 nitrogen and oxygen atoms in total. The zero-order chi connectivity index (χ0) is 10.6. The molecule has 0 unspecified atom stereocenters. The Hall–Kier alpha value is -1.09. The quantitative estimate of drug-likeness (QED) is 0.767. The van der Waals surface area contributed by atoms with E-state index in [9.17, 15) is 0 Å². The van der Waals surface area contributed by atoms with Crippen LogP contribution in [0.3, 0.4) is 0 Å². The first-order valence-electron chi connectivity index (χ1n) is 4.96. The zero-order valence-electron chi connectivity index (χ0n) is 9.04. The monoisotopic (exact) mass is 194 g/mol. The van der Waals surface area contributed by atoms with Gasteiger partial charge in [-0.05, 0) is 44.4 Å². The van der Waals surface area contributed by atoms with Crippen LogP contribution >= 0.6 is 0 Å². The van der Waals surface area contributed by atoms with Crippen molar-refractivity contribution in [3.05, 3.63) is 23.4 Å². The second kappa shape index (κ2) is 4.96. The predicted octanol–water partition coefficient (Wildman–Crippen LogP) is 1.75. The van der Waals surface area contributed by atoms with Crippen molar-refractivity contribution in [2.75, 3.05) is 11.9 Å². The Morgan fingerprint density at radius 2 is 2.21 bits per heavy atom. The number of nitrogens with zero attached hydrogens (tertiary/aromatic N) is 1. The molecule has 0 aliphatic carbocycles. The highest BCUT2D eigenvalue weighted by atomic mass is 16.2. The maximum Gasteiger partial charge on any atom is 0.126 e. The molecule has 1 aromatic rings. The fraction of sp³-hybridized carbons (Fsp3) is 0.545. The van der Waals surface area contributed by atoms with E-state index in [4.69, 9.17) is 5.11 Å². The van der Waals surface area contributed by atoms with E-state index in [0.29, 0.717) is 12.5 Å². The van der Waals surface area contributed by atoms with Crippen molar-refractivity contribution in [1.29, 1.82) is 0 Å². The predicted molar refractivity (Wildman–Crippen MR) is 58.5 cm³/mol. The van der Waals surface area contributed by atoms with Gasteiger partial charge >= 0.3 is 0 Å². The van der Waals surface area contributed by atoms with Crippen molar-refractivity contribution < 1.29 is 5.11 Å². The van der Waals surface area contributed by atoms with Crippen LogP contribution in [0, 0.1) is 6.92 Å². The van der Waals surface area contributed by atoms with Gasteiger partial charge in [0.1, 0.15) is 5.82 Å². The van der Waals surface area contributed by atoms with Gasteiger partial charge in [-0.3, -0.25) is 0 Å². The molecule has 0 radical (unpaired) electrons. The third kappa shape index (κ3) is 3.00. The summed E-state index contributed by atoms with van der Waals surface area (Å²) < 4.78 is 0.